The topological polar surface area (TPSA) is 86.4 Å². The second-order valence-corrected chi connectivity index (χ2v) is 9.95. The summed E-state index contributed by atoms with van der Waals surface area (Å²) in [5, 5.41) is 9.48. The number of rotatable bonds is 7. The molecule has 0 aromatic heterocycles. The second-order valence-electron chi connectivity index (χ2n) is 9.95. The minimum atomic E-state index is -0.520. The third-order valence-corrected chi connectivity index (χ3v) is 7.54. The molecule has 7 heteroatoms. The van der Waals surface area contributed by atoms with Gasteiger partial charge in [-0.05, 0) is 52.9 Å². The zero-order chi connectivity index (χ0) is 25.9. The van der Waals surface area contributed by atoms with Crippen molar-refractivity contribution in [2.75, 3.05) is 33.0 Å². The third-order valence-electron chi connectivity index (χ3n) is 7.54. The van der Waals surface area contributed by atoms with Gasteiger partial charge in [0, 0.05) is 36.8 Å². The monoisotopic (exact) mass is 504 g/mol. The van der Waals surface area contributed by atoms with Gasteiger partial charge in [-0.3, -0.25) is 4.90 Å². The van der Waals surface area contributed by atoms with Crippen molar-refractivity contribution < 1.29 is 24.1 Å². The second kappa shape index (κ2) is 11.1. The van der Waals surface area contributed by atoms with Crippen LogP contribution in [0, 0.1) is 5.92 Å². The summed E-state index contributed by atoms with van der Waals surface area (Å²) in [6, 6.07) is 19.9. The number of hydrogen-bond acceptors (Lipinski definition) is 7. The van der Waals surface area contributed by atoms with Crippen molar-refractivity contribution in [3.05, 3.63) is 88.5 Å². The van der Waals surface area contributed by atoms with E-state index in [9.17, 15) is 5.11 Å². The molecule has 7 nitrogen and oxygen atoms in total. The first-order chi connectivity index (χ1) is 18.0. The lowest BCUT2D eigenvalue weighted by atomic mass is 9.89. The van der Waals surface area contributed by atoms with Gasteiger partial charge in [0.15, 0.2) is 17.8 Å². The number of nitrogens with zero attached hydrogens (tertiary/aromatic N) is 1. The highest BCUT2D eigenvalue weighted by Crippen LogP contribution is 2.42. The van der Waals surface area contributed by atoms with Crippen LogP contribution in [0.1, 0.15) is 47.1 Å². The largest absolute Gasteiger partial charge is 0.493 e. The first-order valence-electron chi connectivity index (χ1n) is 12.8. The van der Waals surface area contributed by atoms with E-state index in [4.69, 9.17) is 24.7 Å². The number of methoxy groups -OCH3 is 2. The average Bonchev–Trinajstić information content (AvgIpc) is 2.93. The van der Waals surface area contributed by atoms with Gasteiger partial charge in [-0.1, -0.05) is 43.3 Å². The van der Waals surface area contributed by atoms with Crippen LogP contribution in [0.5, 0.6) is 11.5 Å². The lowest BCUT2D eigenvalue weighted by Gasteiger charge is -2.43. The molecule has 2 heterocycles. The molecule has 0 aliphatic carbocycles. The quantitative estimate of drug-likeness (QED) is 0.454. The molecule has 0 spiro atoms. The van der Waals surface area contributed by atoms with E-state index in [-0.39, 0.29) is 24.7 Å². The maximum atomic E-state index is 9.48. The molecule has 3 N–H and O–H groups in total. The van der Waals surface area contributed by atoms with E-state index in [1.54, 1.807) is 14.2 Å². The molecule has 5 rings (SSSR count). The molecule has 2 aliphatic heterocycles. The first kappa shape index (κ1) is 25.5. The Bertz CT molecular complexity index is 1220. The van der Waals surface area contributed by atoms with Gasteiger partial charge in [0.2, 0.25) is 0 Å². The first-order valence-corrected chi connectivity index (χ1v) is 12.8. The number of aliphatic hydroxyl groups excluding tert-OH is 1. The van der Waals surface area contributed by atoms with Crippen LogP contribution in [0.4, 0.5) is 5.69 Å². The molecular weight excluding hydrogens is 468 g/mol. The molecule has 3 aromatic carbocycles. The zero-order valence-electron chi connectivity index (χ0n) is 21.7. The van der Waals surface area contributed by atoms with E-state index in [1.807, 2.05) is 48.5 Å². The number of aliphatic hydroxyl groups is 1. The summed E-state index contributed by atoms with van der Waals surface area (Å²) in [5.41, 5.74) is 12.2. The van der Waals surface area contributed by atoms with Gasteiger partial charge in [0.1, 0.15) is 0 Å². The van der Waals surface area contributed by atoms with E-state index in [0.29, 0.717) is 5.69 Å². The normalized spacial score (nSPS) is 23.9. The summed E-state index contributed by atoms with van der Waals surface area (Å²) >= 11 is 0. The third kappa shape index (κ3) is 5.45. The van der Waals surface area contributed by atoms with Gasteiger partial charge < -0.3 is 29.8 Å². The van der Waals surface area contributed by atoms with E-state index in [2.05, 4.69) is 24.0 Å². The van der Waals surface area contributed by atoms with E-state index < -0.39 is 6.29 Å². The van der Waals surface area contributed by atoms with Crippen molar-refractivity contribution in [2.24, 2.45) is 5.92 Å². The highest BCUT2D eigenvalue weighted by atomic mass is 16.7. The number of anilines is 1. The summed E-state index contributed by atoms with van der Waals surface area (Å²) in [5.74, 6) is 1.65. The summed E-state index contributed by atoms with van der Waals surface area (Å²) in [6.07, 6.45) is 0.218. The van der Waals surface area contributed by atoms with Crippen molar-refractivity contribution in [3.8, 4) is 11.5 Å². The van der Waals surface area contributed by atoms with Crippen molar-refractivity contribution in [3.63, 3.8) is 0 Å². The van der Waals surface area contributed by atoms with Crippen LogP contribution in [0.3, 0.4) is 0 Å². The van der Waals surface area contributed by atoms with E-state index in [0.717, 1.165) is 54.2 Å². The zero-order valence-corrected chi connectivity index (χ0v) is 21.7. The summed E-state index contributed by atoms with van der Waals surface area (Å²) in [4.78, 5) is 2.45. The molecule has 0 amide bonds. The molecule has 4 atom stereocenters. The standard InChI is InChI=1S/C30H36N2O5/c1-19-28(17-32-12-11-22-14-26(34-2)27(35-3)15-24(22)16-32)36-30(23-5-4-6-25(31)13-23)37-29(19)21-9-7-20(18-33)8-10-21/h4-10,13-15,19,28-30,33H,11-12,16-18,31H2,1-3H3/t19-,28+,29+,30?/m0/s1. The fraction of sp³-hybridized carbons (Fsp3) is 0.400. The van der Waals surface area contributed by atoms with Gasteiger partial charge in [-0.2, -0.15) is 0 Å². The smallest absolute Gasteiger partial charge is 0.185 e. The molecule has 1 fully saturated rings. The Morgan fingerprint density at radius 1 is 0.946 bits per heavy atom. The van der Waals surface area contributed by atoms with Crippen molar-refractivity contribution in [2.45, 2.75) is 45.0 Å². The predicted molar refractivity (Wildman–Crippen MR) is 142 cm³/mol. The van der Waals surface area contributed by atoms with Crippen LogP contribution in [0.15, 0.2) is 60.7 Å². The molecule has 0 bridgehead atoms. The van der Waals surface area contributed by atoms with Crippen molar-refractivity contribution in [1.82, 2.24) is 4.90 Å². The molecule has 1 unspecified atom stereocenters. The van der Waals surface area contributed by atoms with Crippen molar-refractivity contribution in [1.29, 1.82) is 0 Å². The van der Waals surface area contributed by atoms with Gasteiger partial charge in [0.05, 0.1) is 33.0 Å². The van der Waals surface area contributed by atoms with Crippen LogP contribution in [-0.4, -0.2) is 43.4 Å². The number of fused-ring (bicyclic) bond motifs is 1. The maximum Gasteiger partial charge on any atom is 0.185 e. The number of hydrogen-bond donors (Lipinski definition) is 2. The minimum absolute atomic E-state index is 0.0199. The Kier molecular flexibility index (Phi) is 7.67. The Hall–Kier alpha value is -3.10. The molecule has 0 saturated carbocycles. The molecule has 196 valence electrons. The molecule has 1 saturated heterocycles. The lowest BCUT2D eigenvalue weighted by molar-refractivity contribution is -0.276. The van der Waals surface area contributed by atoms with Crippen LogP contribution < -0.4 is 15.2 Å². The van der Waals surface area contributed by atoms with Crippen LogP contribution in [-0.2, 0) is 29.0 Å². The molecule has 3 aromatic rings. The number of ether oxygens (including phenoxy) is 4. The van der Waals surface area contributed by atoms with Gasteiger partial charge in [-0.15, -0.1) is 0 Å². The molecular formula is C30H36N2O5. The predicted octanol–water partition coefficient (Wildman–Crippen LogP) is 4.63. The van der Waals surface area contributed by atoms with Crippen molar-refractivity contribution >= 4 is 5.69 Å². The fourth-order valence-corrected chi connectivity index (χ4v) is 5.39. The minimum Gasteiger partial charge on any atom is -0.493 e. The highest BCUT2D eigenvalue weighted by Gasteiger charge is 2.39. The fourth-order valence-electron chi connectivity index (χ4n) is 5.39. The lowest BCUT2D eigenvalue weighted by Crippen LogP contribution is -2.45. The van der Waals surface area contributed by atoms with Crippen LogP contribution in [0.2, 0.25) is 0 Å². The average molecular weight is 505 g/mol. The van der Waals surface area contributed by atoms with Crippen LogP contribution >= 0.6 is 0 Å². The number of nitrogen functional groups attached to an aromatic ring is 1. The molecule has 0 radical (unpaired) electrons. The van der Waals surface area contributed by atoms with Gasteiger partial charge in [-0.25, -0.2) is 0 Å². The Morgan fingerprint density at radius 3 is 2.35 bits per heavy atom. The number of benzene rings is 3. The van der Waals surface area contributed by atoms with E-state index in [1.165, 1.54) is 11.1 Å². The summed E-state index contributed by atoms with van der Waals surface area (Å²) in [6.45, 7) is 4.75. The van der Waals surface area contributed by atoms with Gasteiger partial charge >= 0.3 is 0 Å². The van der Waals surface area contributed by atoms with Crippen LogP contribution in [0.25, 0.3) is 0 Å². The Labute approximate surface area is 218 Å². The van der Waals surface area contributed by atoms with E-state index >= 15 is 0 Å². The maximum absolute atomic E-state index is 9.48. The summed E-state index contributed by atoms with van der Waals surface area (Å²) < 4.78 is 24.2. The highest BCUT2D eigenvalue weighted by molar-refractivity contribution is 5.48. The Balaban J connectivity index is 1.39. The SMILES string of the molecule is COc1cc2c(cc1OC)CN(C[C@H]1OC(c3cccc(N)c3)O[C@@H](c3ccc(CO)cc3)[C@H]1C)CC2. The molecule has 37 heavy (non-hydrogen) atoms. The molecule has 2 aliphatic rings. The number of nitrogens with two attached hydrogens (primary N) is 1. The summed E-state index contributed by atoms with van der Waals surface area (Å²) in [7, 11) is 3.35. The Morgan fingerprint density at radius 2 is 1.68 bits per heavy atom. The van der Waals surface area contributed by atoms with Gasteiger partial charge in [0.25, 0.3) is 0 Å².